The number of furan rings is 1. The van der Waals surface area contributed by atoms with E-state index in [9.17, 15) is 18.0 Å². The van der Waals surface area contributed by atoms with Crippen LogP contribution in [0.4, 0.5) is 0 Å². The predicted molar refractivity (Wildman–Crippen MR) is 112 cm³/mol. The van der Waals surface area contributed by atoms with Crippen LogP contribution in [0.2, 0.25) is 0 Å². The van der Waals surface area contributed by atoms with Gasteiger partial charge in [0.05, 0.1) is 10.5 Å². The Kier molecular flexibility index (Phi) is 5.82. The first-order valence-electron chi connectivity index (χ1n) is 9.34. The summed E-state index contributed by atoms with van der Waals surface area (Å²) in [7, 11) is -0.492. The molecule has 1 aromatic carbocycles. The molecule has 1 amide bonds. The molecule has 0 atom stereocenters. The van der Waals surface area contributed by atoms with Crippen LogP contribution in [-0.2, 0) is 23.6 Å². The number of benzene rings is 1. The van der Waals surface area contributed by atoms with Gasteiger partial charge in [0.25, 0.3) is 11.5 Å². The topological polar surface area (TPSA) is 115 Å². The van der Waals surface area contributed by atoms with Gasteiger partial charge < -0.3 is 14.3 Å². The van der Waals surface area contributed by atoms with Gasteiger partial charge in [0.1, 0.15) is 17.5 Å². The van der Waals surface area contributed by atoms with Crippen LogP contribution in [0.3, 0.4) is 0 Å². The molecule has 0 spiro atoms. The number of carbonyl (C=O) groups excluding carboxylic acids is 1. The third-order valence-corrected chi connectivity index (χ3v) is 7.00. The van der Waals surface area contributed by atoms with E-state index in [1.165, 1.54) is 34.4 Å². The molecule has 0 radical (unpaired) electrons. The number of nitrogens with zero attached hydrogens (tertiary/aromatic N) is 3. The summed E-state index contributed by atoms with van der Waals surface area (Å²) in [5, 5.41) is 2.88. The van der Waals surface area contributed by atoms with Crippen molar-refractivity contribution in [2.75, 3.05) is 7.05 Å². The minimum Gasteiger partial charge on any atom is -0.442 e. The van der Waals surface area contributed by atoms with Crippen LogP contribution in [0.1, 0.15) is 35.5 Å². The van der Waals surface area contributed by atoms with E-state index >= 15 is 0 Å². The zero-order valence-corrected chi connectivity index (χ0v) is 18.3. The van der Waals surface area contributed by atoms with E-state index in [2.05, 4.69) is 10.3 Å². The van der Waals surface area contributed by atoms with Gasteiger partial charge in [-0.1, -0.05) is 12.1 Å². The highest BCUT2D eigenvalue weighted by atomic mass is 32.2. The molecule has 0 aliphatic heterocycles. The van der Waals surface area contributed by atoms with Crippen molar-refractivity contribution >= 4 is 27.0 Å². The second kappa shape index (κ2) is 8.04. The number of rotatable bonds is 6. The Bertz CT molecular complexity index is 1260. The summed E-state index contributed by atoms with van der Waals surface area (Å²) in [6.07, 6.45) is 1.33. The van der Waals surface area contributed by atoms with E-state index in [1.807, 2.05) is 0 Å². The molecule has 0 aliphatic rings. The molecule has 0 aliphatic carbocycles. The van der Waals surface area contributed by atoms with Crippen molar-refractivity contribution in [3.63, 3.8) is 0 Å². The van der Waals surface area contributed by atoms with Crippen molar-refractivity contribution < 1.29 is 17.6 Å². The number of carbonyl (C=O) groups is 1. The number of aryl methyl sites for hydroxylation is 2. The second-order valence-corrected chi connectivity index (χ2v) is 9.31. The SMILES string of the molecule is Cc1oc2ncn(C)c(=O)c2c1C(=O)NCc1ccc(S(=O)(=O)N(C)C(C)C)cc1. The lowest BCUT2D eigenvalue weighted by Crippen LogP contribution is -2.33. The van der Waals surface area contributed by atoms with Crippen LogP contribution in [0.25, 0.3) is 11.1 Å². The fourth-order valence-corrected chi connectivity index (χ4v) is 4.32. The maximum Gasteiger partial charge on any atom is 0.265 e. The normalized spacial score (nSPS) is 12.1. The van der Waals surface area contributed by atoms with Gasteiger partial charge in [-0.3, -0.25) is 9.59 Å². The summed E-state index contributed by atoms with van der Waals surface area (Å²) in [6, 6.07) is 6.14. The average molecular weight is 433 g/mol. The van der Waals surface area contributed by atoms with Crippen molar-refractivity contribution in [2.45, 2.75) is 38.3 Å². The Hall–Kier alpha value is -2.98. The molecule has 10 heteroatoms. The van der Waals surface area contributed by atoms with Crippen molar-refractivity contribution in [1.29, 1.82) is 0 Å². The minimum absolute atomic E-state index is 0.115. The molecule has 0 bridgehead atoms. The highest BCUT2D eigenvalue weighted by Crippen LogP contribution is 2.21. The number of hydrogen-bond acceptors (Lipinski definition) is 6. The first kappa shape index (κ1) is 21.7. The Morgan fingerprint density at radius 3 is 2.50 bits per heavy atom. The molecular formula is C20H24N4O5S. The zero-order chi connectivity index (χ0) is 22.2. The molecule has 3 aromatic rings. The first-order chi connectivity index (χ1) is 14.0. The van der Waals surface area contributed by atoms with Crippen LogP contribution in [0.15, 0.2) is 44.7 Å². The molecular weight excluding hydrogens is 408 g/mol. The lowest BCUT2D eigenvalue weighted by molar-refractivity contribution is 0.0950. The van der Waals surface area contributed by atoms with E-state index in [1.54, 1.807) is 40.0 Å². The van der Waals surface area contributed by atoms with Crippen LogP contribution in [0, 0.1) is 6.92 Å². The number of amides is 1. The minimum atomic E-state index is -3.57. The lowest BCUT2D eigenvalue weighted by Gasteiger charge is -2.21. The van der Waals surface area contributed by atoms with E-state index in [4.69, 9.17) is 4.42 Å². The first-order valence-corrected chi connectivity index (χ1v) is 10.8. The van der Waals surface area contributed by atoms with Crippen LogP contribution >= 0.6 is 0 Å². The molecule has 30 heavy (non-hydrogen) atoms. The molecule has 2 heterocycles. The summed E-state index contributed by atoms with van der Waals surface area (Å²) >= 11 is 0. The molecule has 2 aromatic heterocycles. The van der Waals surface area contributed by atoms with Gasteiger partial charge in [-0.25, -0.2) is 13.4 Å². The average Bonchev–Trinajstić information content (AvgIpc) is 3.05. The third-order valence-electron chi connectivity index (χ3n) is 4.96. The molecule has 0 fully saturated rings. The highest BCUT2D eigenvalue weighted by molar-refractivity contribution is 7.89. The number of fused-ring (bicyclic) bond motifs is 1. The fourth-order valence-electron chi connectivity index (χ4n) is 2.95. The fraction of sp³-hybridized carbons (Fsp3) is 0.350. The summed E-state index contributed by atoms with van der Waals surface area (Å²) in [6.45, 7) is 5.35. The summed E-state index contributed by atoms with van der Waals surface area (Å²) < 4.78 is 33.1. The Labute approximate surface area is 174 Å². The Balaban J connectivity index is 1.79. The van der Waals surface area contributed by atoms with Crippen LogP contribution < -0.4 is 10.9 Å². The zero-order valence-electron chi connectivity index (χ0n) is 17.5. The van der Waals surface area contributed by atoms with Gasteiger partial charge in [-0.2, -0.15) is 4.31 Å². The summed E-state index contributed by atoms with van der Waals surface area (Å²) in [5.74, 6) is -0.163. The Morgan fingerprint density at radius 1 is 1.27 bits per heavy atom. The number of aromatic nitrogens is 2. The smallest absolute Gasteiger partial charge is 0.265 e. The van der Waals surface area contributed by atoms with E-state index in [0.717, 1.165) is 0 Å². The van der Waals surface area contributed by atoms with Crippen molar-refractivity contribution in [3.8, 4) is 0 Å². The number of hydrogen-bond donors (Lipinski definition) is 1. The maximum absolute atomic E-state index is 12.7. The monoisotopic (exact) mass is 432 g/mol. The molecule has 0 unspecified atom stereocenters. The number of sulfonamides is 1. The van der Waals surface area contributed by atoms with Gasteiger partial charge in [0.2, 0.25) is 15.7 Å². The molecule has 160 valence electrons. The van der Waals surface area contributed by atoms with Crippen molar-refractivity contribution in [3.05, 3.63) is 57.8 Å². The standard InChI is InChI=1S/C20H24N4O5S/c1-12(2)24(5)30(27,28)15-8-6-14(7-9-15)10-21-18(25)16-13(3)29-19-17(16)20(26)23(4)11-22-19/h6-9,11-12H,10H2,1-5H3,(H,21,25). The summed E-state index contributed by atoms with van der Waals surface area (Å²) in [4.78, 5) is 29.3. The lowest BCUT2D eigenvalue weighted by atomic mass is 10.1. The van der Waals surface area contributed by atoms with Crippen molar-refractivity contribution in [1.82, 2.24) is 19.2 Å². The van der Waals surface area contributed by atoms with Gasteiger partial charge in [-0.15, -0.1) is 0 Å². The van der Waals surface area contributed by atoms with E-state index in [0.29, 0.717) is 11.3 Å². The van der Waals surface area contributed by atoms with Crippen LogP contribution in [0.5, 0.6) is 0 Å². The highest BCUT2D eigenvalue weighted by Gasteiger charge is 2.24. The third kappa shape index (κ3) is 3.88. The van der Waals surface area contributed by atoms with Crippen LogP contribution in [-0.4, -0.2) is 41.3 Å². The molecule has 9 nitrogen and oxygen atoms in total. The molecule has 0 saturated heterocycles. The second-order valence-electron chi connectivity index (χ2n) is 7.32. The largest absolute Gasteiger partial charge is 0.442 e. The van der Waals surface area contributed by atoms with Gasteiger partial charge in [-0.05, 0) is 38.5 Å². The van der Waals surface area contributed by atoms with Gasteiger partial charge in [0.15, 0.2) is 0 Å². The van der Waals surface area contributed by atoms with Gasteiger partial charge in [0, 0.05) is 26.7 Å². The van der Waals surface area contributed by atoms with Gasteiger partial charge >= 0.3 is 0 Å². The van der Waals surface area contributed by atoms with Crippen molar-refractivity contribution in [2.24, 2.45) is 7.05 Å². The maximum atomic E-state index is 12.7. The predicted octanol–water partition coefficient (Wildman–Crippen LogP) is 1.79. The van der Waals surface area contributed by atoms with E-state index in [-0.39, 0.29) is 39.7 Å². The summed E-state index contributed by atoms with van der Waals surface area (Å²) in [5.41, 5.74) is 0.609. The Morgan fingerprint density at radius 2 is 1.90 bits per heavy atom. The molecule has 3 rings (SSSR count). The van der Waals surface area contributed by atoms with E-state index < -0.39 is 15.9 Å². The quantitative estimate of drug-likeness (QED) is 0.635. The number of nitrogens with one attached hydrogen (secondary N) is 1. The molecule has 0 saturated carbocycles. The molecule has 1 N–H and O–H groups in total.